The zero-order valence-electron chi connectivity index (χ0n) is 12.8. The Bertz CT molecular complexity index is 459. The Labute approximate surface area is 126 Å². The van der Waals surface area contributed by atoms with E-state index >= 15 is 0 Å². The number of carbonyl (C=O) groups excluding carboxylic acids is 1. The number of carbonyl (C=O) groups is 1. The van der Waals surface area contributed by atoms with Crippen molar-refractivity contribution < 1.29 is 9.53 Å². The molecular weight excluding hydrogens is 266 g/mol. The monoisotopic (exact) mass is 291 g/mol. The number of benzene rings is 1. The van der Waals surface area contributed by atoms with Gasteiger partial charge in [0, 0.05) is 13.1 Å². The number of nitrogens with two attached hydrogens (primary N) is 1. The molecule has 5 heteroatoms. The number of rotatable bonds is 5. The lowest BCUT2D eigenvalue weighted by Crippen LogP contribution is -2.44. The Balaban J connectivity index is 1.90. The van der Waals surface area contributed by atoms with E-state index in [1.807, 2.05) is 26.0 Å². The largest absolute Gasteiger partial charge is 0.491 e. The molecule has 0 radical (unpaired) electrons. The van der Waals surface area contributed by atoms with Crippen molar-refractivity contribution in [2.24, 2.45) is 11.8 Å². The molecule has 0 aliphatic carbocycles. The van der Waals surface area contributed by atoms with E-state index in [1.54, 1.807) is 0 Å². The van der Waals surface area contributed by atoms with Gasteiger partial charge in [-0.3, -0.25) is 15.1 Å². The molecule has 1 saturated heterocycles. The standard InChI is InChI=1S/C16H25N3O2/c1-12(2)21-15-7-5-13(6-8-15)10-19-9-3-4-14(11-19)16(20)18-17/h5-8,12,14H,3-4,9-11,17H2,1-2H3,(H,18,20). The summed E-state index contributed by atoms with van der Waals surface area (Å²) in [6.07, 6.45) is 2.14. The molecule has 0 spiro atoms. The summed E-state index contributed by atoms with van der Waals surface area (Å²) in [5, 5.41) is 0. The minimum absolute atomic E-state index is 0.00676. The highest BCUT2D eigenvalue weighted by atomic mass is 16.5. The molecule has 1 aromatic rings. The number of amides is 1. The third kappa shape index (κ3) is 4.72. The maximum Gasteiger partial charge on any atom is 0.238 e. The van der Waals surface area contributed by atoms with Gasteiger partial charge in [-0.2, -0.15) is 0 Å². The minimum atomic E-state index is -0.0552. The van der Waals surface area contributed by atoms with Crippen molar-refractivity contribution in [3.8, 4) is 5.75 Å². The first-order chi connectivity index (χ1) is 10.1. The van der Waals surface area contributed by atoms with E-state index in [-0.39, 0.29) is 17.9 Å². The molecule has 1 atom stereocenters. The summed E-state index contributed by atoms with van der Waals surface area (Å²) < 4.78 is 5.64. The number of hydrazine groups is 1. The smallest absolute Gasteiger partial charge is 0.238 e. The van der Waals surface area contributed by atoms with Gasteiger partial charge in [-0.15, -0.1) is 0 Å². The van der Waals surface area contributed by atoms with Crippen LogP contribution in [0.3, 0.4) is 0 Å². The van der Waals surface area contributed by atoms with Crippen LogP contribution in [0.4, 0.5) is 0 Å². The lowest BCUT2D eigenvalue weighted by Gasteiger charge is -2.31. The average molecular weight is 291 g/mol. The number of likely N-dealkylation sites (tertiary alicyclic amines) is 1. The summed E-state index contributed by atoms with van der Waals surface area (Å²) in [5.41, 5.74) is 3.50. The fourth-order valence-corrected chi connectivity index (χ4v) is 2.73. The van der Waals surface area contributed by atoms with Crippen LogP contribution in [0.1, 0.15) is 32.3 Å². The van der Waals surface area contributed by atoms with Gasteiger partial charge in [-0.25, -0.2) is 5.84 Å². The fourth-order valence-electron chi connectivity index (χ4n) is 2.73. The number of nitrogens with one attached hydrogen (secondary N) is 1. The van der Waals surface area contributed by atoms with Gasteiger partial charge >= 0.3 is 0 Å². The van der Waals surface area contributed by atoms with Crippen molar-refractivity contribution in [1.29, 1.82) is 0 Å². The molecule has 0 bridgehead atoms. The van der Waals surface area contributed by atoms with E-state index in [0.717, 1.165) is 38.2 Å². The normalized spacial score (nSPS) is 19.5. The molecule has 5 nitrogen and oxygen atoms in total. The predicted octanol–water partition coefficient (Wildman–Crippen LogP) is 1.68. The number of piperidine rings is 1. The van der Waals surface area contributed by atoms with E-state index in [9.17, 15) is 4.79 Å². The Morgan fingerprint density at radius 2 is 2.14 bits per heavy atom. The topological polar surface area (TPSA) is 67.6 Å². The van der Waals surface area contributed by atoms with Crippen LogP contribution >= 0.6 is 0 Å². The molecule has 3 N–H and O–H groups in total. The predicted molar refractivity (Wildman–Crippen MR) is 82.5 cm³/mol. The maximum absolute atomic E-state index is 11.6. The van der Waals surface area contributed by atoms with Crippen LogP contribution < -0.4 is 16.0 Å². The molecule has 0 saturated carbocycles. The lowest BCUT2D eigenvalue weighted by molar-refractivity contribution is -0.126. The molecule has 1 aromatic carbocycles. The van der Waals surface area contributed by atoms with Gasteiger partial charge in [0.2, 0.25) is 5.91 Å². The minimum Gasteiger partial charge on any atom is -0.491 e. The van der Waals surface area contributed by atoms with Crippen molar-refractivity contribution in [1.82, 2.24) is 10.3 Å². The Kier molecular flexibility index (Phi) is 5.59. The zero-order chi connectivity index (χ0) is 15.2. The second-order valence-corrected chi connectivity index (χ2v) is 5.89. The molecule has 1 aliphatic rings. The van der Waals surface area contributed by atoms with Crippen LogP contribution in [0, 0.1) is 5.92 Å². The summed E-state index contributed by atoms with van der Waals surface area (Å²) in [4.78, 5) is 13.9. The van der Waals surface area contributed by atoms with E-state index in [2.05, 4.69) is 22.5 Å². The molecule has 0 aromatic heterocycles. The number of hydrogen-bond acceptors (Lipinski definition) is 4. The van der Waals surface area contributed by atoms with Gasteiger partial charge in [-0.05, 0) is 50.9 Å². The SMILES string of the molecule is CC(C)Oc1ccc(CN2CCCC(C(=O)NN)C2)cc1. The molecule has 1 heterocycles. The summed E-state index contributed by atoms with van der Waals surface area (Å²) >= 11 is 0. The lowest BCUT2D eigenvalue weighted by atomic mass is 9.97. The summed E-state index contributed by atoms with van der Waals surface area (Å²) in [6.45, 7) is 6.69. The van der Waals surface area contributed by atoms with E-state index in [0.29, 0.717) is 0 Å². The van der Waals surface area contributed by atoms with E-state index in [1.165, 1.54) is 5.56 Å². The Hall–Kier alpha value is -1.59. The van der Waals surface area contributed by atoms with Crippen LogP contribution in [0.15, 0.2) is 24.3 Å². The van der Waals surface area contributed by atoms with Crippen LogP contribution in [0.25, 0.3) is 0 Å². The maximum atomic E-state index is 11.6. The van der Waals surface area contributed by atoms with Gasteiger partial charge in [-0.1, -0.05) is 12.1 Å². The third-order valence-electron chi connectivity index (χ3n) is 3.72. The quantitative estimate of drug-likeness (QED) is 0.492. The van der Waals surface area contributed by atoms with Crippen molar-refractivity contribution in [3.05, 3.63) is 29.8 Å². The highest BCUT2D eigenvalue weighted by Gasteiger charge is 2.25. The van der Waals surface area contributed by atoms with Gasteiger partial charge in [0.1, 0.15) is 5.75 Å². The van der Waals surface area contributed by atoms with Gasteiger partial charge in [0.15, 0.2) is 0 Å². The molecule has 1 fully saturated rings. The summed E-state index contributed by atoms with van der Waals surface area (Å²) in [7, 11) is 0. The molecule has 2 rings (SSSR count). The zero-order valence-corrected chi connectivity index (χ0v) is 12.8. The first kappa shape index (κ1) is 15.8. The number of ether oxygens (including phenoxy) is 1. The highest BCUT2D eigenvalue weighted by molar-refractivity contribution is 5.78. The second kappa shape index (κ2) is 7.43. The van der Waals surface area contributed by atoms with Crippen molar-refractivity contribution in [2.45, 2.75) is 39.3 Å². The molecule has 1 unspecified atom stereocenters. The Morgan fingerprint density at radius 3 is 2.76 bits per heavy atom. The average Bonchev–Trinajstić information content (AvgIpc) is 2.48. The summed E-state index contributed by atoms with van der Waals surface area (Å²) in [5.74, 6) is 6.07. The van der Waals surface area contributed by atoms with Gasteiger partial charge in [0.05, 0.1) is 12.0 Å². The van der Waals surface area contributed by atoms with Crippen LogP contribution in [-0.2, 0) is 11.3 Å². The van der Waals surface area contributed by atoms with Crippen molar-refractivity contribution in [3.63, 3.8) is 0 Å². The first-order valence-electron chi connectivity index (χ1n) is 7.57. The van der Waals surface area contributed by atoms with Crippen molar-refractivity contribution >= 4 is 5.91 Å². The molecule has 116 valence electrons. The molecular formula is C16H25N3O2. The van der Waals surface area contributed by atoms with E-state index in [4.69, 9.17) is 10.6 Å². The second-order valence-electron chi connectivity index (χ2n) is 5.89. The van der Waals surface area contributed by atoms with Gasteiger partial charge in [0.25, 0.3) is 0 Å². The fraction of sp³-hybridized carbons (Fsp3) is 0.562. The third-order valence-corrected chi connectivity index (χ3v) is 3.72. The van der Waals surface area contributed by atoms with Gasteiger partial charge < -0.3 is 4.74 Å². The van der Waals surface area contributed by atoms with Crippen molar-refractivity contribution in [2.75, 3.05) is 13.1 Å². The molecule has 21 heavy (non-hydrogen) atoms. The number of hydrogen-bond donors (Lipinski definition) is 2. The summed E-state index contributed by atoms with van der Waals surface area (Å²) in [6, 6.07) is 8.18. The number of nitrogens with zero attached hydrogens (tertiary/aromatic N) is 1. The van der Waals surface area contributed by atoms with Crippen LogP contribution in [-0.4, -0.2) is 30.0 Å². The highest BCUT2D eigenvalue weighted by Crippen LogP contribution is 2.20. The van der Waals surface area contributed by atoms with E-state index < -0.39 is 0 Å². The first-order valence-corrected chi connectivity index (χ1v) is 7.57. The molecule has 1 amide bonds. The van der Waals surface area contributed by atoms with Crippen LogP contribution in [0.5, 0.6) is 5.75 Å². The molecule has 1 aliphatic heterocycles. The van der Waals surface area contributed by atoms with Crippen LogP contribution in [0.2, 0.25) is 0 Å². The Morgan fingerprint density at radius 1 is 1.43 bits per heavy atom.